The molecule has 1 spiro atoms. The number of likely N-dealkylation sites (N-methyl/N-ethyl adjacent to an activating group) is 1. The predicted octanol–water partition coefficient (Wildman–Crippen LogP) is 2.92. The fraction of sp³-hybridized carbons (Fsp3) is 0.500. The average Bonchev–Trinajstić information content (AvgIpc) is 3.31. The van der Waals surface area contributed by atoms with Crippen LogP contribution >= 0.6 is 0 Å². The minimum atomic E-state index is -0.820. The molecule has 2 saturated heterocycles. The van der Waals surface area contributed by atoms with E-state index in [-0.39, 0.29) is 12.6 Å². The molecule has 4 heterocycles. The Morgan fingerprint density at radius 1 is 1.16 bits per heavy atom. The monoisotopic (exact) mass is 510 g/mol. The van der Waals surface area contributed by atoms with E-state index in [1.807, 2.05) is 49.5 Å². The van der Waals surface area contributed by atoms with Crippen molar-refractivity contribution in [2.45, 2.75) is 57.7 Å². The van der Waals surface area contributed by atoms with Crippen molar-refractivity contribution in [3.8, 4) is 5.82 Å². The van der Waals surface area contributed by atoms with Gasteiger partial charge < -0.3 is 19.4 Å². The lowest BCUT2D eigenvalue weighted by Gasteiger charge is -2.55. The number of hydrogen-bond donors (Lipinski definition) is 0. The van der Waals surface area contributed by atoms with Crippen LogP contribution in [-0.2, 0) is 14.3 Å². The minimum absolute atomic E-state index is 0.176. The van der Waals surface area contributed by atoms with Crippen LogP contribution in [0.4, 0.5) is 9.18 Å². The van der Waals surface area contributed by atoms with E-state index in [9.17, 15) is 18.8 Å². The summed E-state index contributed by atoms with van der Waals surface area (Å²) in [6.45, 7) is 8.24. The van der Waals surface area contributed by atoms with Crippen LogP contribution in [0.3, 0.4) is 0 Å². The number of likely N-dealkylation sites (tertiary alicyclic amines) is 1. The molecule has 2 aliphatic rings. The number of carbonyl (C=O) groups excluding carboxylic acids is 3. The van der Waals surface area contributed by atoms with E-state index in [0.29, 0.717) is 43.1 Å². The third-order valence-corrected chi connectivity index (χ3v) is 7.06. The quantitative estimate of drug-likeness (QED) is 0.581. The molecule has 0 radical (unpaired) electrons. The summed E-state index contributed by atoms with van der Waals surface area (Å²) in [5, 5.41) is 3.92. The number of piperazine rings is 1. The Morgan fingerprint density at radius 3 is 2.38 bits per heavy atom. The molecule has 0 bridgehead atoms. The fourth-order valence-electron chi connectivity index (χ4n) is 4.96. The van der Waals surface area contributed by atoms with Crippen LogP contribution in [0.25, 0.3) is 5.82 Å². The Hall–Kier alpha value is -3.94. The summed E-state index contributed by atoms with van der Waals surface area (Å²) >= 11 is 0. The van der Waals surface area contributed by atoms with Crippen molar-refractivity contribution in [3.63, 3.8) is 0 Å². The van der Waals surface area contributed by atoms with Crippen LogP contribution in [0.5, 0.6) is 0 Å². The van der Waals surface area contributed by atoms with Crippen molar-refractivity contribution in [2.24, 2.45) is 0 Å². The number of nitrogens with zero attached hydrogens (tertiary/aromatic N) is 6. The number of halogens is 1. The molecule has 2 aliphatic heterocycles. The second kappa shape index (κ2) is 9.84. The highest BCUT2D eigenvalue weighted by Gasteiger charge is 2.51. The largest absolute Gasteiger partial charge is 0.444 e. The predicted molar refractivity (Wildman–Crippen MR) is 132 cm³/mol. The van der Waals surface area contributed by atoms with Crippen molar-refractivity contribution in [1.82, 2.24) is 29.5 Å². The molecule has 0 saturated carbocycles. The number of pyridine rings is 1. The second-order valence-corrected chi connectivity index (χ2v) is 10.4. The first kappa shape index (κ1) is 26.1. The van der Waals surface area contributed by atoms with Crippen molar-refractivity contribution in [2.75, 3.05) is 26.7 Å². The second-order valence-electron chi connectivity index (χ2n) is 10.4. The topological polar surface area (TPSA) is 101 Å². The van der Waals surface area contributed by atoms with Crippen LogP contribution in [0.1, 0.15) is 52.1 Å². The van der Waals surface area contributed by atoms with E-state index in [4.69, 9.17) is 4.74 Å². The first-order chi connectivity index (χ1) is 17.5. The molecule has 0 N–H and O–H groups in total. The van der Waals surface area contributed by atoms with Crippen LogP contribution in [0.15, 0.2) is 42.1 Å². The molecule has 11 heteroatoms. The third kappa shape index (κ3) is 5.01. The van der Waals surface area contributed by atoms with Gasteiger partial charge in [0.25, 0.3) is 0 Å². The Balaban J connectivity index is 1.60. The summed E-state index contributed by atoms with van der Waals surface area (Å²) in [7, 11) is 1.78. The molecule has 1 amide bonds. The van der Waals surface area contributed by atoms with Gasteiger partial charge in [0.05, 0.1) is 30.5 Å². The maximum absolute atomic E-state index is 13.3. The van der Waals surface area contributed by atoms with E-state index >= 15 is 0 Å². The lowest BCUT2D eigenvalue weighted by atomic mass is 9.79. The summed E-state index contributed by atoms with van der Waals surface area (Å²) in [6, 6.07) is 3.21. The van der Waals surface area contributed by atoms with Crippen LogP contribution in [0.2, 0.25) is 0 Å². The van der Waals surface area contributed by atoms with Gasteiger partial charge in [0.2, 0.25) is 0 Å². The molecule has 2 fully saturated rings. The highest BCUT2D eigenvalue weighted by Crippen LogP contribution is 2.44. The van der Waals surface area contributed by atoms with E-state index in [1.54, 1.807) is 24.2 Å². The van der Waals surface area contributed by atoms with Gasteiger partial charge in [0.15, 0.2) is 11.6 Å². The Bertz CT molecular complexity index is 1260. The molecule has 37 heavy (non-hydrogen) atoms. The van der Waals surface area contributed by atoms with Crippen molar-refractivity contribution in [1.29, 1.82) is 0 Å². The van der Waals surface area contributed by atoms with Gasteiger partial charge in [-0.15, -0.1) is 0 Å². The minimum Gasteiger partial charge on any atom is -0.444 e. The smallest absolute Gasteiger partial charge is 0.410 e. The first-order valence-corrected chi connectivity index (χ1v) is 12.1. The van der Waals surface area contributed by atoms with E-state index in [2.05, 4.69) is 16.0 Å². The molecule has 2 aromatic heterocycles. The normalized spacial score (nSPS) is 18.5. The number of rotatable bonds is 3. The van der Waals surface area contributed by atoms with Gasteiger partial charge in [-0.25, -0.2) is 28.4 Å². The average molecular weight is 511 g/mol. The van der Waals surface area contributed by atoms with Crippen molar-refractivity contribution >= 4 is 18.0 Å². The molecule has 196 valence electrons. The number of piperidine rings is 1. The molecule has 4 rings (SSSR count). The van der Waals surface area contributed by atoms with E-state index < -0.39 is 23.1 Å². The Kier molecular flexibility index (Phi) is 6.95. The van der Waals surface area contributed by atoms with Crippen LogP contribution in [-0.4, -0.2) is 85.3 Å². The molecule has 10 nitrogen and oxygen atoms in total. The zero-order chi connectivity index (χ0) is 27.0. The maximum Gasteiger partial charge on any atom is 0.410 e. The summed E-state index contributed by atoms with van der Waals surface area (Å²) in [4.78, 5) is 46.7. The van der Waals surface area contributed by atoms with Crippen LogP contribution < -0.4 is 0 Å². The summed E-state index contributed by atoms with van der Waals surface area (Å²) < 4.78 is 20.2. The van der Waals surface area contributed by atoms with Gasteiger partial charge in [-0.1, -0.05) is 6.07 Å². The molecule has 1 atom stereocenters. The first-order valence-electron chi connectivity index (χ1n) is 12.1. The molecule has 0 aromatic carbocycles. The molecular weight excluding hydrogens is 479 g/mol. The zero-order valence-electron chi connectivity index (χ0n) is 21.7. The number of amides is 1. The highest BCUT2D eigenvalue weighted by molar-refractivity contribution is 5.69. The molecule has 2 aromatic rings. The molecular formula is C26H31FN6O4. The third-order valence-electron chi connectivity index (χ3n) is 7.06. The van der Waals surface area contributed by atoms with Crippen molar-refractivity contribution in [3.05, 3.63) is 53.5 Å². The summed E-state index contributed by atoms with van der Waals surface area (Å²) in [6.07, 6.45) is 4.41. The molecule has 0 unspecified atom stereocenters. The van der Waals surface area contributed by atoms with Gasteiger partial charge in [-0.05, 0) is 52.2 Å². The van der Waals surface area contributed by atoms with Gasteiger partial charge in [-0.3, -0.25) is 0 Å². The van der Waals surface area contributed by atoms with Gasteiger partial charge in [0.1, 0.15) is 28.9 Å². The van der Waals surface area contributed by atoms with E-state index in [1.165, 1.54) is 10.9 Å². The van der Waals surface area contributed by atoms with Gasteiger partial charge in [0, 0.05) is 26.3 Å². The highest BCUT2D eigenvalue weighted by atomic mass is 19.1. The lowest BCUT2D eigenvalue weighted by molar-refractivity contribution is -0.00191. The van der Waals surface area contributed by atoms with Gasteiger partial charge >= 0.3 is 6.09 Å². The molecule has 0 aliphatic carbocycles. The number of aromatic nitrogens is 3. The van der Waals surface area contributed by atoms with Crippen molar-refractivity contribution < 1.29 is 23.5 Å². The standard InChI is InChI=1S/C26H31FN6O4/c1-18(19-6-7-23(28-12-19)33-14-20(27)13-29-33)32-15-21(16-34)30(5)26(22(32)17-35)8-10-31(11-9-26)24(36)37-25(2,3)4/h6-7,12-14,18H,8-11,15H2,1-5H3/t18-/m0/s1. The van der Waals surface area contributed by atoms with E-state index in [0.717, 1.165) is 11.8 Å². The Morgan fingerprint density at radius 2 is 1.86 bits per heavy atom. The summed E-state index contributed by atoms with van der Waals surface area (Å²) in [5.74, 6) is 4.19. The maximum atomic E-state index is 13.3. The SMILES string of the molecule is C[C@@H](c1ccc(-n2cc(F)cn2)nc1)N1CC(=C=O)N(C)C2(CCN(C(=O)OC(C)(C)C)CC2)C1=C=O. The van der Waals surface area contributed by atoms with Gasteiger partial charge in [-0.2, -0.15) is 5.10 Å². The fourth-order valence-corrected chi connectivity index (χ4v) is 4.96. The van der Waals surface area contributed by atoms with Crippen LogP contribution in [0, 0.1) is 5.82 Å². The Labute approximate surface area is 215 Å². The summed E-state index contributed by atoms with van der Waals surface area (Å²) in [5.41, 5.74) is 0.188. The number of hydrogen-bond acceptors (Lipinski definition) is 8. The number of ether oxygens (including phenoxy) is 1. The number of carbonyl (C=O) groups is 1. The lowest BCUT2D eigenvalue weighted by Crippen LogP contribution is -2.63. The zero-order valence-corrected chi connectivity index (χ0v) is 21.7.